The van der Waals surface area contributed by atoms with Crippen LogP contribution in [0.5, 0.6) is 0 Å². The SMILES string of the molecule is N#CC(O)CCc1ccc(F)cc1. The van der Waals surface area contributed by atoms with Gasteiger partial charge in [0.25, 0.3) is 0 Å². The molecule has 1 N–H and O–H groups in total. The second-order valence-corrected chi connectivity index (χ2v) is 2.81. The molecule has 1 aromatic rings. The van der Waals surface area contributed by atoms with Gasteiger partial charge in [0.15, 0.2) is 0 Å². The van der Waals surface area contributed by atoms with Crippen molar-refractivity contribution >= 4 is 0 Å². The maximum atomic E-state index is 12.4. The summed E-state index contributed by atoms with van der Waals surface area (Å²) < 4.78 is 12.4. The van der Waals surface area contributed by atoms with E-state index in [1.165, 1.54) is 12.1 Å². The number of halogens is 1. The van der Waals surface area contributed by atoms with E-state index in [1.54, 1.807) is 18.2 Å². The van der Waals surface area contributed by atoms with Gasteiger partial charge in [-0.3, -0.25) is 0 Å². The van der Waals surface area contributed by atoms with Gasteiger partial charge in [-0.1, -0.05) is 12.1 Å². The Kier molecular flexibility index (Phi) is 3.41. The number of benzene rings is 1. The van der Waals surface area contributed by atoms with E-state index < -0.39 is 6.10 Å². The van der Waals surface area contributed by atoms with E-state index >= 15 is 0 Å². The third-order valence-electron chi connectivity index (χ3n) is 1.77. The summed E-state index contributed by atoms with van der Waals surface area (Å²) in [7, 11) is 0. The zero-order valence-electron chi connectivity index (χ0n) is 7.07. The first-order chi connectivity index (χ1) is 6.22. The van der Waals surface area contributed by atoms with E-state index in [9.17, 15) is 4.39 Å². The van der Waals surface area contributed by atoms with E-state index in [1.807, 2.05) is 0 Å². The van der Waals surface area contributed by atoms with Crippen LogP contribution in [0.1, 0.15) is 12.0 Å². The highest BCUT2D eigenvalue weighted by Gasteiger charge is 2.01. The normalized spacial score (nSPS) is 12.1. The molecular formula is C10H10FNO. The van der Waals surface area contributed by atoms with Crippen LogP contribution in [0.3, 0.4) is 0 Å². The number of nitriles is 1. The number of nitrogens with zero attached hydrogens (tertiary/aromatic N) is 1. The molecule has 0 aliphatic heterocycles. The Morgan fingerprint density at radius 3 is 2.54 bits per heavy atom. The quantitative estimate of drug-likeness (QED) is 0.717. The highest BCUT2D eigenvalue weighted by Crippen LogP contribution is 2.06. The van der Waals surface area contributed by atoms with Crippen LogP contribution >= 0.6 is 0 Å². The molecule has 0 amide bonds. The highest BCUT2D eigenvalue weighted by molar-refractivity contribution is 5.16. The molecule has 0 aliphatic carbocycles. The predicted molar refractivity (Wildman–Crippen MR) is 46.3 cm³/mol. The maximum absolute atomic E-state index is 12.4. The Morgan fingerprint density at radius 2 is 2.00 bits per heavy atom. The molecule has 0 fully saturated rings. The number of aliphatic hydroxyl groups is 1. The minimum Gasteiger partial charge on any atom is -0.378 e. The Labute approximate surface area is 76.2 Å². The van der Waals surface area contributed by atoms with Gasteiger partial charge in [-0.15, -0.1) is 0 Å². The van der Waals surface area contributed by atoms with Crippen molar-refractivity contribution < 1.29 is 9.50 Å². The molecule has 0 saturated carbocycles. The highest BCUT2D eigenvalue weighted by atomic mass is 19.1. The van der Waals surface area contributed by atoms with Gasteiger partial charge in [-0.2, -0.15) is 5.26 Å². The molecule has 0 saturated heterocycles. The van der Waals surface area contributed by atoms with E-state index in [4.69, 9.17) is 10.4 Å². The summed E-state index contributed by atoms with van der Waals surface area (Å²) in [4.78, 5) is 0. The van der Waals surface area contributed by atoms with Crippen molar-refractivity contribution in [2.45, 2.75) is 18.9 Å². The minimum atomic E-state index is -0.926. The summed E-state index contributed by atoms with van der Waals surface area (Å²) in [6, 6.07) is 7.77. The lowest BCUT2D eigenvalue weighted by molar-refractivity contribution is 0.220. The molecule has 3 heteroatoms. The van der Waals surface area contributed by atoms with Gasteiger partial charge < -0.3 is 5.11 Å². The molecule has 0 aromatic heterocycles. The molecule has 13 heavy (non-hydrogen) atoms. The van der Waals surface area contributed by atoms with Gasteiger partial charge in [0, 0.05) is 0 Å². The largest absolute Gasteiger partial charge is 0.378 e. The average molecular weight is 179 g/mol. The topological polar surface area (TPSA) is 44.0 Å². The summed E-state index contributed by atoms with van der Waals surface area (Å²) in [5, 5.41) is 17.2. The lowest BCUT2D eigenvalue weighted by Gasteiger charge is -2.01. The number of hydrogen-bond donors (Lipinski definition) is 1. The van der Waals surface area contributed by atoms with Crippen molar-refractivity contribution in [1.29, 1.82) is 5.26 Å². The van der Waals surface area contributed by atoms with Crippen molar-refractivity contribution in [3.05, 3.63) is 35.6 Å². The third kappa shape index (κ3) is 3.22. The van der Waals surface area contributed by atoms with Crippen LogP contribution in [0, 0.1) is 17.1 Å². The predicted octanol–water partition coefficient (Wildman–Crippen LogP) is 1.64. The number of aliphatic hydroxyl groups excluding tert-OH is 1. The first kappa shape index (κ1) is 9.69. The van der Waals surface area contributed by atoms with Gasteiger partial charge in [-0.25, -0.2) is 4.39 Å². The second-order valence-electron chi connectivity index (χ2n) is 2.81. The van der Waals surface area contributed by atoms with Crippen LogP contribution < -0.4 is 0 Å². The average Bonchev–Trinajstić information content (AvgIpc) is 2.16. The summed E-state index contributed by atoms with van der Waals surface area (Å²) in [5.41, 5.74) is 0.927. The molecule has 1 aromatic carbocycles. The molecule has 0 spiro atoms. The molecular weight excluding hydrogens is 169 g/mol. The molecule has 2 nitrogen and oxygen atoms in total. The van der Waals surface area contributed by atoms with Crippen molar-refractivity contribution in [2.24, 2.45) is 0 Å². The van der Waals surface area contributed by atoms with Gasteiger partial charge >= 0.3 is 0 Å². The van der Waals surface area contributed by atoms with Crippen LogP contribution in [0.4, 0.5) is 4.39 Å². The van der Waals surface area contributed by atoms with Crippen molar-refractivity contribution in [1.82, 2.24) is 0 Å². The first-order valence-electron chi connectivity index (χ1n) is 4.04. The standard InChI is InChI=1S/C10H10FNO/c11-9-4-1-8(2-5-9)3-6-10(13)7-12/h1-2,4-5,10,13H,3,6H2. The Hall–Kier alpha value is -1.40. The number of hydrogen-bond acceptors (Lipinski definition) is 2. The van der Waals surface area contributed by atoms with Crippen LogP contribution in [0.15, 0.2) is 24.3 Å². The zero-order chi connectivity index (χ0) is 9.68. The summed E-state index contributed by atoms with van der Waals surface area (Å²) >= 11 is 0. The smallest absolute Gasteiger partial charge is 0.140 e. The van der Waals surface area contributed by atoms with E-state index in [0.29, 0.717) is 12.8 Å². The molecule has 1 atom stereocenters. The second kappa shape index (κ2) is 4.58. The molecule has 68 valence electrons. The Bertz CT molecular complexity index is 302. The van der Waals surface area contributed by atoms with Crippen molar-refractivity contribution in [2.75, 3.05) is 0 Å². The van der Waals surface area contributed by atoms with Gasteiger partial charge in [-0.05, 0) is 30.5 Å². The first-order valence-corrected chi connectivity index (χ1v) is 4.04. The fourth-order valence-corrected chi connectivity index (χ4v) is 1.02. The third-order valence-corrected chi connectivity index (χ3v) is 1.77. The summed E-state index contributed by atoms with van der Waals surface area (Å²) in [5.74, 6) is -0.274. The summed E-state index contributed by atoms with van der Waals surface area (Å²) in [6.07, 6.45) is 0.0574. The van der Waals surface area contributed by atoms with Gasteiger partial charge in [0.2, 0.25) is 0 Å². The van der Waals surface area contributed by atoms with Crippen LogP contribution in [0.2, 0.25) is 0 Å². The molecule has 0 radical (unpaired) electrons. The molecule has 1 rings (SSSR count). The number of aryl methyl sites for hydroxylation is 1. The van der Waals surface area contributed by atoms with Crippen molar-refractivity contribution in [3.8, 4) is 6.07 Å². The zero-order valence-corrected chi connectivity index (χ0v) is 7.07. The monoisotopic (exact) mass is 179 g/mol. The molecule has 0 bridgehead atoms. The summed E-state index contributed by atoms with van der Waals surface area (Å²) in [6.45, 7) is 0. The number of rotatable bonds is 3. The maximum Gasteiger partial charge on any atom is 0.140 e. The van der Waals surface area contributed by atoms with E-state index in [0.717, 1.165) is 5.56 Å². The van der Waals surface area contributed by atoms with Crippen LogP contribution in [-0.4, -0.2) is 11.2 Å². The fraction of sp³-hybridized carbons (Fsp3) is 0.300. The molecule has 1 unspecified atom stereocenters. The van der Waals surface area contributed by atoms with Crippen LogP contribution in [-0.2, 0) is 6.42 Å². The van der Waals surface area contributed by atoms with Crippen molar-refractivity contribution in [3.63, 3.8) is 0 Å². The molecule has 0 heterocycles. The van der Waals surface area contributed by atoms with Crippen LogP contribution in [0.25, 0.3) is 0 Å². The van der Waals surface area contributed by atoms with Gasteiger partial charge in [0.1, 0.15) is 11.9 Å². The Balaban J connectivity index is 2.47. The molecule has 0 aliphatic rings. The van der Waals surface area contributed by atoms with Gasteiger partial charge in [0.05, 0.1) is 6.07 Å². The lowest BCUT2D eigenvalue weighted by Crippen LogP contribution is -2.03. The van der Waals surface area contributed by atoms with E-state index in [-0.39, 0.29) is 5.82 Å². The van der Waals surface area contributed by atoms with E-state index in [2.05, 4.69) is 0 Å². The lowest BCUT2D eigenvalue weighted by atomic mass is 10.1. The fourth-order valence-electron chi connectivity index (χ4n) is 1.02. The minimum absolute atomic E-state index is 0.274. The Morgan fingerprint density at radius 1 is 1.38 bits per heavy atom.